The van der Waals surface area contributed by atoms with Crippen LogP contribution in [0.15, 0.2) is 16.7 Å². The van der Waals surface area contributed by atoms with Gasteiger partial charge >= 0.3 is 0 Å². The maximum Gasteiger partial charge on any atom is 0.240 e. The summed E-state index contributed by atoms with van der Waals surface area (Å²) < 4.78 is 24.1. The highest BCUT2D eigenvalue weighted by atomic mass is 79.9. The number of ether oxygens (including phenoxy) is 1. The van der Waals surface area contributed by atoms with Crippen LogP contribution in [0.4, 0.5) is 15.8 Å². The second-order valence-corrected chi connectivity index (χ2v) is 8.53. The van der Waals surface area contributed by atoms with Gasteiger partial charge in [-0.3, -0.25) is 4.68 Å². The van der Waals surface area contributed by atoms with Crippen molar-refractivity contribution < 1.29 is 9.13 Å². The Kier molecular flexibility index (Phi) is 5.06. The van der Waals surface area contributed by atoms with Crippen LogP contribution in [0.25, 0.3) is 16.1 Å². The van der Waals surface area contributed by atoms with Crippen LogP contribution >= 0.6 is 15.9 Å². The minimum absolute atomic E-state index is 0.120. The predicted molar refractivity (Wildman–Crippen MR) is 111 cm³/mol. The first-order valence-electron chi connectivity index (χ1n) is 9.40. The van der Waals surface area contributed by atoms with Crippen LogP contribution < -0.4 is 9.64 Å². The molecule has 0 bridgehead atoms. The van der Waals surface area contributed by atoms with E-state index in [-0.39, 0.29) is 17.4 Å². The smallest absolute Gasteiger partial charge is 0.240 e. The SMILES string of the molecule is [C-]#[N+]c1c(OC2CC2)cc(N2CCC(N(C)C)C2)c(F)c1-c1c(Br)cnn1C. The molecule has 8 heteroatoms. The van der Waals surface area contributed by atoms with Crippen LogP contribution in [-0.2, 0) is 7.05 Å². The van der Waals surface area contributed by atoms with Crippen molar-refractivity contribution in [1.82, 2.24) is 14.7 Å². The largest absolute Gasteiger partial charge is 0.501 e. The first-order chi connectivity index (χ1) is 13.4. The van der Waals surface area contributed by atoms with Crippen molar-refractivity contribution in [2.45, 2.75) is 31.4 Å². The molecule has 1 saturated heterocycles. The number of anilines is 1. The lowest BCUT2D eigenvalue weighted by Crippen LogP contribution is -2.31. The van der Waals surface area contributed by atoms with E-state index in [9.17, 15) is 0 Å². The van der Waals surface area contributed by atoms with Gasteiger partial charge in [0.05, 0.1) is 34.7 Å². The third kappa shape index (κ3) is 3.38. The minimum atomic E-state index is -0.391. The molecular weight excluding hydrogens is 425 g/mol. The Morgan fingerprint density at radius 2 is 2.11 bits per heavy atom. The van der Waals surface area contributed by atoms with Crippen molar-refractivity contribution in [3.63, 3.8) is 0 Å². The molecule has 1 unspecified atom stereocenters. The van der Waals surface area contributed by atoms with Crippen molar-refractivity contribution in [3.05, 3.63) is 34.0 Å². The number of halogens is 2. The molecule has 1 aliphatic carbocycles. The highest BCUT2D eigenvalue weighted by Gasteiger charge is 2.33. The van der Waals surface area contributed by atoms with E-state index < -0.39 is 5.82 Å². The van der Waals surface area contributed by atoms with Gasteiger partial charge in [0, 0.05) is 31.7 Å². The van der Waals surface area contributed by atoms with Crippen molar-refractivity contribution in [2.75, 3.05) is 32.1 Å². The summed E-state index contributed by atoms with van der Waals surface area (Å²) in [6.07, 6.45) is 4.66. The van der Waals surface area contributed by atoms with Crippen LogP contribution in [0.1, 0.15) is 19.3 Å². The summed E-state index contributed by atoms with van der Waals surface area (Å²) in [5.74, 6) is 0.0724. The van der Waals surface area contributed by atoms with E-state index in [0.717, 1.165) is 32.4 Å². The summed E-state index contributed by atoms with van der Waals surface area (Å²) in [5, 5.41) is 4.21. The summed E-state index contributed by atoms with van der Waals surface area (Å²) in [4.78, 5) is 7.89. The maximum atomic E-state index is 15.8. The zero-order valence-electron chi connectivity index (χ0n) is 16.2. The molecule has 148 valence electrons. The van der Waals surface area contributed by atoms with Crippen molar-refractivity contribution in [3.8, 4) is 17.0 Å². The van der Waals surface area contributed by atoms with Gasteiger partial charge in [0.25, 0.3) is 0 Å². The van der Waals surface area contributed by atoms with Crippen LogP contribution in [0.2, 0.25) is 0 Å². The second-order valence-electron chi connectivity index (χ2n) is 7.68. The van der Waals surface area contributed by atoms with E-state index in [4.69, 9.17) is 11.3 Å². The van der Waals surface area contributed by atoms with Crippen LogP contribution in [-0.4, -0.2) is 54.0 Å². The number of aromatic nitrogens is 2. The Labute approximate surface area is 172 Å². The van der Waals surface area contributed by atoms with Gasteiger partial charge in [-0.15, -0.1) is 0 Å². The maximum absolute atomic E-state index is 15.8. The Morgan fingerprint density at radius 3 is 2.64 bits per heavy atom. The molecule has 4 rings (SSSR count). The number of nitrogens with zero attached hydrogens (tertiary/aromatic N) is 5. The fourth-order valence-corrected chi connectivity index (χ4v) is 4.24. The molecular formula is C20H23BrFN5O. The molecule has 2 aromatic rings. The molecule has 0 radical (unpaired) electrons. The number of benzene rings is 1. The standard InChI is InChI=1S/C20H23BrFN5O/c1-23-19-16(28-13-5-6-13)9-15(27-8-7-12(11-27)25(2)3)18(22)17(19)20-14(21)10-24-26(20)4/h9-10,12-13H,5-8,11H2,2-4H3. The van der Waals surface area contributed by atoms with E-state index >= 15 is 4.39 Å². The monoisotopic (exact) mass is 447 g/mol. The lowest BCUT2D eigenvalue weighted by atomic mass is 10.1. The molecule has 1 aliphatic heterocycles. The van der Waals surface area contributed by atoms with Gasteiger partial charge in [-0.1, -0.05) is 0 Å². The fourth-order valence-electron chi connectivity index (χ4n) is 3.70. The Hall–Kier alpha value is -2.11. The van der Waals surface area contributed by atoms with Crippen molar-refractivity contribution in [2.24, 2.45) is 7.05 Å². The first-order valence-corrected chi connectivity index (χ1v) is 10.2. The molecule has 2 aliphatic rings. The van der Waals surface area contributed by atoms with Gasteiger partial charge in [-0.25, -0.2) is 9.24 Å². The van der Waals surface area contributed by atoms with Gasteiger partial charge < -0.3 is 14.5 Å². The zero-order chi connectivity index (χ0) is 20.0. The zero-order valence-corrected chi connectivity index (χ0v) is 17.8. The summed E-state index contributed by atoms with van der Waals surface area (Å²) in [7, 11) is 5.85. The molecule has 1 saturated carbocycles. The average molecular weight is 448 g/mol. The Balaban J connectivity index is 1.88. The fraction of sp³-hybridized carbons (Fsp3) is 0.500. The molecule has 0 amide bonds. The number of hydrogen-bond acceptors (Lipinski definition) is 4. The molecule has 0 N–H and O–H groups in total. The van der Waals surface area contributed by atoms with E-state index in [1.54, 1.807) is 24.0 Å². The Morgan fingerprint density at radius 1 is 1.36 bits per heavy atom. The van der Waals surface area contributed by atoms with Crippen LogP contribution in [0, 0.1) is 12.4 Å². The average Bonchev–Trinajstić information content (AvgIpc) is 3.22. The van der Waals surface area contributed by atoms with Crippen molar-refractivity contribution >= 4 is 27.3 Å². The third-order valence-electron chi connectivity index (χ3n) is 5.48. The van der Waals surface area contributed by atoms with E-state index in [1.165, 1.54) is 0 Å². The van der Waals surface area contributed by atoms with Crippen molar-refractivity contribution in [1.29, 1.82) is 0 Å². The quantitative estimate of drug-likeness (QED) is 0.643. The molecule has 6 nitrogen and oxygen atoms in total. The summed E-state index contributed by atoms with van der Waals surface area (Å²) in [5.41, 5.74) is 1.51. The number of likely N-dealkylation sites (N-methyl/N-ethyl adjacent to an activating group) is 1. The number of hydrogen-bond donors (Lipinski definition) is 0. The van der Waals surface area contributed by atoms with Gasteiger partial charge in [0.15, 0.2) is 0 Å². The van der Waals surface area contributed by atoms with Gasteiger partial charge in [0.2, 0.25) is 5.69 Å². The molecule has 1 aromatic carbocycles. The molecule has 1 aromatic heterocycles. The Bertz CT molecular complexity index is 928. The van der Waals surface area contributed by atoms with Crippen LogP contribution in [0.3, 0.4) is 0 Å². The summed E-state index contributed by atoms with van der Waals surface area (Å²) in [6.45, 7) is 9.23. The molecule has 28 heavy (non-hydrogen) atoms. The lowest BCUT2D eigenvalue weighted by Gasteiger charge is -2.25. The van der Waals surface area contributed by atoms with Gasteiger partial charge in [-0.05, 0) is 55.4 Å². The topological polar surface area (TPSA) is 37.9 Å². The highest BCUT2D eigenvalue weighted by molar-refractivity contribution is 9.10. The molecule has 0 spiro atoms. The lowest BCUT2D eigenvalue weighted by molar-refractivity contribution is 0.305. The molecule has 1 atom stereocenters. The van der Waals surface area contributed by atoms with E-state index in [0.29, 0.717) is 27.6 Å². The van der Waals surface area contributed by atoms with Gasteiger partial charge in [-0.2, -0.15) is 5.10 Å². The predicted octanol–water partition coefficient (Wildman–Crippen LogP) is 4.22. The van der Waals surface area contributed by atoms with Gasteiger partial charge in [0.1, 0.15) is 11.6 Å². The van der Waals surface area contributed by atoms with E-state index in [2.05, 4.69) is 35.7 Å². The molecule has 2 heterocycles. The third-order valence-corrected chi connectivity index (χ3v) is 6.06. The minimum Gasteiger partial charge on any atom is -0.501 e. The highest BCUT2D eigenvalue weighted by Crippen LogP contribution is 2.48. The second kappa shape index (κ2) is 7.37. The number of aryl methyl sites for hydroxylation is 1. The number of rotatable bonds is 5. The van der Waals surface area contributed by atoms with E-state index in [1.807, 2.05) is 14.1 Å². The first kappa shape index (κ1) is 19.2. The summed E-state index contributed by atoms with van der Waals surface area (Å²) >= 11 is 3.46. The normalized spacial score (nSPS) is 19.3. The molecule has 2 fully saturated rings. The van der Waals surface area contributed by atoms with Crippen LogP contribution in [0.5, 0.6) is 5.75 Å². The summed E-state index contributed by atoms with van der Waals surface area (Å²) in [6, 6.07) is 2.09.